The summed E-state index contributed by atoms with van der Waals surface area (Å²) in [6.07, 6.45) is -0.960. The molecule has 13 heavy (non-hydrogen) atoms. The van der Waals surface area contributed by atoms with Gasteiger partial charge in [-0.05, 0) is 13.0 Å². The number of carbonyl (C=O) groups excluding carboxylic acids is 1. The van der Waals surface area contributed by atoms with Crippen molar-refractivity contribution in [2.75, 3.05) is 7.11 Å². The first-order valence-corrected chi connectivity index (χ1v) is 3.90. The van der Waals surface area contributed by atoms with E-state index < -0.39 is 12.1 Å². The van der Waals surface area contributed by atoms with Crippen LogP contribution in [0.1, 0.15) is 23.9 Å². The monoisotopic (exact) mass is 184 g/mol. The molecule has 72 valence electrons. The first kappa shape index (κ1) is 9.73. The normalized spacial score (nSPS) is 12.5. The summed E-state index contributed by atoms with van der Waals surface area (Å²) in [7, 11) is 1.28. The fourth-order valence-electron chi connectivity index (χ4n) is 0.956. The van der Waals surface area contributed by atoms with E-state index in [4.69, 9.17) is 0 Å². The third-order valence-electron chi connectivity index (χ3n) is 1.65. The number of aryl methyl sites for hydroxylation is 1. The van der Waals surface area contributed by atoms with Crippen LogP contribution < -0.4 is 0 Å². The summed E-state index contributed by atoms with van der Waals surface area (Å²) in [6, 6.07) is 1.69. The van der Waals surface area contributed by atoms with Gasteiger partial charge in [-0.2, -0.15) is 5.10 Å². The molecule has 0 aliphatic heterocycles. The number of aromatic amines is 1. The topological polar surface area (TPSA) is 75.2 Å². The van der Waals surface area contributed by atoms with Gasteiger partial charge in [0.2, 0.25) is 0 Å². The maximum atomic E-state index is 10.8. The number of rotatable bonds is 3. The number of hydrogen-bond acceptors (Lipinski definition) is 4. The maximum absolute atomic E-state index is 10.8. The highest BCUT2D eigenvalue weighted by molar-refractivity contribution is 5.69. The fourth-order valence-corrected chi connectivity index (χ4v) is 0.956. The molecule has 0 saturated heterocycles. The van der Waals surface area contributed by atoms with Crippen LogP contribution in [-0.2, 0) is 9.53 Å². The summed E-state index contributed by atoms with van der Waals surface area (Å²) in [5.41, 5.74) is 1.31. The molecule has 0 bridgehead atoms. The second-order valence-corrected chi connectivity index (χ2v) is 2.77. The van der Waals surface area contributed by atoms with Crippen molar-refractivity contribution in [1.29, 1.82) is 0 Å². The number of nitrogens with one attached hydrogen (secondary N) is 1. The van der Waals surface area contributed by atoms with Crippen LogP contribution in [0.2, 0.25) is 0 Å². The number of esters is 1. The van der Waals surface area contributed by atoms with Crippen molar-refractivity contribution in [2.45, 2.75) is 19.4 Å². The third-order valence-corrected chi connectivity index (χ3v) is 1.65. The molecule has 5 nitrogen and oxygen atoms in total. The maximum Gasteiger partial charge on any atom is 0.308 e. The summed E-state index contributed by atoms with van der Waals surface area (Å²) in [5.74, 6) is -0.451. The Morgan fingerprint density at radius 1 is 1.85 bits per heavy atom. The first-order chi connectivity index (χ1) is 6.13. The minimum absolute atomic E-state index is 0.0687. The lowest BCUT2D eigenvalue weighted by Gasteiger charge is -2.04. The Morgan fingerprint density at radius 3 is 3.00 bits per heavy atom. The molecule has 5 heteroatoms. The van der Waals surface area contributed by atoms with E-state index in [2.05, 4.69) is 14.9 Å². The lowest BCUT2D eigenvalue weighted by Crippen LogP contribution is -2.08. The number of hydrogen-bond donors (Lipinski definition) is 2. The molecule has 0 aliphatic carbocycles. The number of H-pyrrole nitrogens is 1. The SMILES string of the molecule is COC(=O)C[C@@H](O)c1cc(C)[nH]n1. The van der Waals surface area contributed by atoms with Gasteiger partial charge in [0.05, 0.1) is 19.2 Å². The molecule has 1 heterocycles. The number of aliphatic hydroxyl groups excluding tert-OH is 1. The summed E-state index contributed by atoms with van der Waals surface area (Å²) in [4.78, 5) is 10.8. The third kappa shape index (κ3) is 2.55. The van der Waals surface area contributed by atoms with Crippen LogP contribution in [0.3, 0.4) is 0 Å². The van der Waals surface area contributed by atoms with E-state index in [1.807, 2.05) is 6.92 Å². The Kier molecular flexibility index (Phi) is 3.02. The van der Waals surface area contributed by atoms with Crippen molar-refractivity contribution in [3.63, 3.8) is 0 Å². The molecule has 0 fully saturated rings. The number of aliphatic hydroxyl groups is 1. The van der Waals surface area contributed by atoms with Crippen LogP contribution in [0.15, 0.2) is 6.07 Å². The van der Waals surface area contributed by atoms with E-state index in [0.717, 1.165) is 5.69 Å². The van der Waals surface area contributed by atoms with Crippen LogP contribution >= 0.6 is 0 Å². The molecule has 0 amide bonds. The number of nitrogens with zero attached hydrogens (tertiary/aromatic N) is 1. The predicted molar refractivity (Wildman–Crippen MR) is 44.9 cm³/mol. The van der Waals surface area contributed by atoms with Gasteiger partial charge in [-0.25, -0.2) is 0 Å². The van der Waals surface area contributed by atoms with Crippen LogP contribution in [0.5, 0.6) is 0 Å². The van der Waals surface area contributed by atoms with Gasteiger partial charge in [-0.1, -0.05) is 0 Å². The highest BCUT2D eigenvalue weighted by Gasteiger charge is 2.15. The Hall–Kier alpha value is -1.36. The quantitative estimate of drug-likeness (QED) is 0.663. The van der Waals surface area contributed by atoms with E-state index in [-0.39, 0.29) is 6.42 Å². The standard InChI is InChI=1S/C8H12N2O3/c1-5-3-6(10-9-5)7(11)4-8(12)13-2/h3,7,11H,4H2,1-2H3,(H,9,10)/t7-/m1/s1. The molecular formula is C8H12N2O3. The average Bonchev–Trinajstić information content (AvgIpc) is 2.51. The molecule has 1 rings (SSSR count). The summed E-state index contributed by atoms with van der Waals surface area (Å²) < 4.78 is 4.41. The minimum atomic E-state index is -0.891. The van der Waals surface area contributed by atoms with Crippen molar-refractivity contribution in [3.8, 4) is 0 Å². The Labute approximate surface area is 75.7 Å². The number of aromatic nitrogens is 2. The van der Waals surface area contributed by atoms with Crippen LogP contribution in [0, 0.1) is 6.92 Å². The van der Waals surface area contributed by atoms with E-state index in [0.29, 0.717) is 5.69 Å². The van der Waals surface area contributed by atoms with Gasteiger partial charge in [0.15, 0.2) is 0 Å². The van der Waals surface area contributed by atoms with Gasteiger partial charge in [-0.15, -0.1) is 0 Å². The zero-order valence-electron chi connectivity index (χ0n) is 7.57. The average molecular weight is 184 g/mol. The van der Waals surface area contributed by atoms with Gasteiger partial charge in [0.25, 0.3) is 0 Å². The lowest BCUT2D eigenvalue weighted by atomic mass is 10.2. The molecule has 0 saturated carbocycles. The van der Waals surface area contributed by atoms with Gasteiger partial charge in [0, 0.05) is 5.69 Å². The Morgan fingerprint density at radius 2 is 2.54 bits per heavy atom. The highest BCUT2D eigenvalue weighted by atomic mass is 16.5. The second kappa shape index (κ2) is 4.04. The van der Waals surface area contributed by atoms with Crippen molar-refractivity contribution >= 4 is 5.97 Å². The van der Waals surface area contributed by atoms with E-state index >= 15 is 0 Å². The molecule has 0 aromatic carbocycles. The predicted octanol–water partition coefficient (Wildman–Crippen LogP) is 0.315. The molecule has 2 N–H and O–H groups in total. The highest BCUT2D eigenvalue weighted by Crippen LogP contribution is 2.14. The smallest absolute Gasteiger partial charge is 0.308 e. The molecule has 0 unspecified atom stereocenters. The lowest BCUT2D eigenvalue weighted by molar-refractivity contribution is -0.142. The van der Waals surface area contributed by atoms with Crippen molar-refractivity contribution in [3.05, 3.63) is 17.5 Å². The molecule has 0 radical (unpaired) electrons. The summed E-state index contributed by atoms with van der Waals surface area (Å²) in [6.45, 7) is 1.82. The minimum Gasteiger partial charge on any atom is -0.469 e. The number of methoxy groups -OCH3 is 1. The molecule has 1 atom stereocenters. The van der Waals surface area contributed by atoms with Gasteiger partial charge in [-0.3, -0.25) is 9.89 Å². The molecule has 1 aromatic rings. The van der Waals surface area contributed by atoms with E-state index in [1.165, 1.54) is 7.11 Å². The fraction of sp³-hybridized carbons (Fsp3) is 0.500. The summed E-state index contributed by atoms with van der Waals surface area (Å²) in [5, 5.41) is 16.0. The second-order valence-electron chi connectivity index (χ2n) is 2.77. The molecule has 0 spiro atoms. The Bertz CT molecular complexity index is 295. The molecular weight excluding hydrogens is 172 g/mol. The first-order valence-electron chi connectivity index (χ1n) is 3.90. The molecule has 1 aromatic heterocycles. The van der Waals surface area contributed by atoms with Crippen molar-refractivity contribution in [1.82, 2.24) is 10.2 Å². The Balaban J connectivity index is 2.58. The molecule has 0 aliphatic rings. The largest absolute Gasteiger partial charge is 0.469 e. The summed E-state index contributed by atoms with van der Waals surface area (Å²) >= 11 is 0. The van der Waals surface area contributed by atoms with E-state index in [1.54, 1.807) is 6.07 Å². The van der Waals surface area contributed by atoms with Crippen molar-refractivity contribution in [2.24, 2.45) is 0 Å². The number of carbonyl (C=O) groups is 1. The zero-order chi connectivity index (χ0) is 9.84. The van der Waals surface area contributed by atoms with Gasteiger partial charge >= 0.3 is 5.97 Å². The van der Waals surface area contributed by atoms with E-state index in [9.17, 15) is 9.90 Å². The van der Waals surface area contributed by atoms with Gasteiger partial charge < -0.3 is 9.84 Å². The van der Waals surface area contributed by atoms with Crippen LogP contribution in [-0.4, -0.2) is 28.4 Å². The van der Waals surface area contributed by atoms with Crippen LogP contribution in [0.4, 0.5) is 0 Å². The van der Waals surface area contributed by atoms with Gasteiger partial charge in [0.1, 0.15) is 6.10 Å². The van der Waals surface area contributed by atoms with Crippen molar-refractivity contribution < 1.29 is 14.6 Å². The number of ether oxygens (including phenoxy) is 1. The van der Waals surface area contributed by atoms with Crippen LogP contribution in [0.25, 0.3) is 0 Å². The zero-order valence-corrected chi connectivity index (χ0v) is 7.57.